The predicted octanol–water partition coefficient (Wildman–Crippen LogP) is 2.50. The molecule has 0 bridgehead atoms. The van der Waals surface area contributed by atoms with Crippen molar-refractivity contribution >= 4 is 28.2 Å². The van der Waals surface area contributed by atoms with E-state index in [2.05, 4.69) is 24.9 Å². The van der Waals surface area contributed by atoms with Crippen LogP contribution in [0.2, 0.25) is 0 Å². The summed E-state index contributed by atoms with van der Waals surface area (Å²) < 4.78 is 1.96. The Morgan fingerprint density at radius 3 is 2.86 bits per heavy atom. The Morgan fingerprint density at radius 1 is 1.14 bits per heavy atom. The van der Waals surface area contributed by atoms with Gasteiger partial charge in [-0.05, 0) is 12.1 Å². The zero-order valence-corrected chi connectivity index (χ0v) is 12.4. The molecule has 0 fully saturated rings. The number of H-pyrrole nitrogens is 1. The smallest absolute Gasteiger partial charge is 0.181 e. The van der Waals surface area contributed by atoms with Gasteiger partial charge in [-0.2, -0.15) is 0 Å². The van der Waals surface area contributed by atoms with Gasteiger partial charge in [0, 0.05) is 5.38 Å². The maximum Gasteiger partial charge on any atom is 0.181 e. The Bertz CT molecular complexity index is 953. The maximum absolute atomic E-state index is 4.57. The van der Waals surface area contributed by atoms with E-state index in [-0.39, 0.29) is 0 Å². The molecule has 0 aliphatic heterocycles. The number of thiazole rings is 1. The number of aromatic amines is 1. The van der Waals surface area contributed by atoms with Gasteiger partial charge in [-0.15, -0.1) is 11.3 Å². The van der Waals surface area contributed by atoms with Crippen LogP contribution in [0.1, 0.15) is 5.69 Å². The van der Waals surface area contributed by atoms with E-state index in [1.54, 1.807) is 24.0 Å². The fourth-order valence-electron chi connectivity index (χ4n) is 2.23. The average molecular weight is 308 g/mol. The minimum atomic E-state index is 0.633. The van der Waals surface area contributed by atoms with Crippen molar-refractivity contribution in [3.63, 3.8) is 0 Å². The highest BCUT2D eigenvalue weighted by atomic mass is 32.1. The normalized spacial score (nSPS) is 12.1. The standard InChI is InChI=1S/C15H12N6S/c1-2-4-11(5-3-1)20-14-13-15(17-8-16-13)21(9-18-14)6-12-7-22-10-19-12/h1-5,7-10H,6H2,(H,16,17). The first-order valence-corrected chi connectivity index (χ1v) is 7.70. The van der Waals surface area contributed by atoms with Crippen LogP contribution in [0.4, 0.5) is 5.69 Å². The van der Waals surface area contributed by atoms with Crippen LogP contribution in [0.15, 0.2) is 58.9 Å². The topological polar surface area (TPSA) is 71.8 Å². The van der Waals surface area contributed by atoms with E-state index in [1.165, 1.54) is 0 Å². The fraction of sp³-hybridized carbons (Fsp3) is 0.0667. The number of rotatable bonds is 3. The summed E-state index contributed by atoms with van der Waals surface area (Å²) in [6.45, 7) is 0.642. The van der Waals surface area contributed by atoms with Crippen molar-refractivity contribution in [3.8, 4) is 0 Å². The lowest BCUT2D eigenvalue weighted by Gasteiger charge is -2.04. The van der Waals surface area contributed by atoms with Gasteiger partial charge >= 0.3 is 0 Å². The molecule has 0 saturated heterocycles. The van der Waals surface area contributed by atoms with Crippen LogP contribution < -0.4 is 5.49 Å². The molecule has 0 radical (unpaired) electrons. The molecule has 4 aromatic rings. The predicted molar refractivity (Wildman–Crippen MR) is 84.8 cm³/mol. The van der Waals surface area contributed by atoms with Gasteiger partial charge in [0.1, 0.15) is 5.52 Å². The lowest BCUT2D eigenvalue weighted by Crippen LogP contribution is -2.14. The molecule has 7 heteroatoms. The van der Waals surface area contributed by atoms with E-state index in [9.17, 15) is 0 Å². The second-order valence-electron chi connectivity index (χ2n) is 4.72. The number of fused-ring (bicyclic) bond motifs is 1. The minimum absolute atomic E-state index is 0.633. The van der Waals surface area contributed by atoms with Gasteiger partial charge in [0.2, 0.25) is 0 Å². The number of imidazole rings is 1. The van der Waals surface area contributed by atoms with Crippen molar-refractivity contribution in [1.82, 2.24) is 24.5 Å². The molecule has 0 atom stereocenters. The van der Waals surface area contributed by atoms with Gasteiger partial charge in [0.05, 0.1) is 36.1 Å². The molecule has 0 saturated carbocycles. The van der Waals surface area contributed by atoms with Crippen molar-refractivity contribution in [2.75, 3.05) is 0 Å². The molecule has 0 aliphatic carbocycles. The van der Waals surface area contributed by atoms with Crippen LogP contribution in [-0.2, 0) is 6.54 Å². The second kappa shape index (κ2) is 5.53. The summed E-state index contributed by atoms with van der Waals surface area (Å²) in [6, 6.07) is 9.76. The van der Waals surface area contributed by atoms with Crippen molar-refractivity contribution < 1.29 is 0 Å². The van der Waals surface area contributed by atoms with Crippen molar-refractivity contribution in [3.05, 3.63) is 65.1 Å². The number of nitrogens with one attached hydrogen (secondary N) is 1. The van der Waals surface area contributed by atoms with E-state index in [0.717, 1.165) is 22.5 Å². The first-order valence-electron chi connectivity index (χ1n) is 6.75. The third-order valence-electron chi connectivity index (χ3n) is 3.24. The summed E-state index contributed by atoms with van der Waals surface area (Å²) in [4.78, 5) is 20.8. The summed E-state index contributed by atoms with van der Waals surface area (Å²) in [6.07, 6.45) is 3.41. The van der Waals surface area contributed by atoms with E-state index in [4.69, 9.17) is 0 Å². The number of benzene rings is 1. The third-order valence-corrected chi connectivity index (χ3v) is 3.88. The number of hydrogen-bond donors (Lipinski definition) is 1. The Kier molecular flexibility index (Phi) is 3.24. The number of nitrogens with zero attached hydrogens (tertiary/aromatic N) is 5. The molecule has 0 spiro atoms. The molecular weight excluding hydrogens is 296 g/mol. The van der Waals surface area contributed by atoms with Crippen molar-refractivity contribution in [2.24, 2.45) is 4.99 Å². The first kappa shape index (κ1) is 12.9. The van der Waals surface area contributed by atoms with Gasteiger partial charge in [0.25, 0.3) is 0 Å². The lowest BCUT2D eigenvalue weighted by molar-refractivity contribution is 0.770. The molecule has 4 rings (SSSR count). The van der Waals surface area contributed by atoms with E-state index in [0.29, 0.717) is 12.0 Å². The van der Waals surface area contributed by atoms with E-state index in [1.807, 2.05) is 45.8 Å². The second-order valence-corrected chi connectivity index (χ2v) is 5.44. The van der Waals surface area contributed by atoms with Crippen LogP contribution >= 0.6 is 11.3 Å². The molecule has 3 heterocycles. The monoisotopic (exact) mass is 308 g/mol. The van der Waals surface area contributed by atoms with Gasteiger partial charge < -0.3 is 9.55 Å². The van der Waals surface area contributed by atoms with Gasteiger partial charge in [-0.25, -0.2) is 19.9 Å². The van der Waals surface area contributed by atoms with Crippen LogP contribution in [0.3, 0.4) is 0 Å². The Hall–Kier alpha value is -2.80. The summed E-state index contributed by atoms with van der Waals surface area (Å²) in [7, 11) is 0. The first-order chi connectivity index (χ1) is 10.9. The number of aromatic nitrogens is 5. The van der Waals surface area contributed by atoms with Crippen LogP contribution in [-0.4, -0.2) is 24.5 Å². The molecule has 1 N–H and O–H groups in total. The quantitative estimate of drug-likeness (QED) is 0.632. The number of hydrogen-bond acceptors (Lipinski definition) is 5. The van der Waals surface area contributed by atoms with E-state index >= 15 is 0 Å². The lowest BCUT2D eigenvalue weighted by atomic mass is 10.3. The highest BCUT2D eigenvalue weighted by molar-refractivity contribution is 7.07. The largest absolute Gasteiger partial charge is 0.340 e. The molecule has 3 aromatic heterocycles. The Balaban J connectivity index is 1.83. The molecule has 0 unspecified atom stereocenters. The average Bonchev–Trinajstić information content (AvgIpc) is 3.22. The molecule has 6 nitrogen and oxygen atoms in total. The highest BCUT2D eigenvalue weighted by Crippen LogP contribution is 2.11. The minimum Gasteiger partial charge on any atom is -0.340 e. The SMILES string of the molecule is c1ccc(N=c2ncn(Cc3cscn3)c3nc[nH]c23)cc1. The molecule has 108 valence electrons. The number of para-hydroxylation sites is 1. The van der Waals surface area contributed by atoms with Gasteiger partial charge in [0.15, 0.2) is 11.1 Å². The highest BCUT2D eigenvalue weighted by Gasteiger charge is 2.06. The zero-order chi connectivity index (χ0) is 14.8. The molecule has 0 aliphatic rings. The third kappa shape index (κ3) is 2.42. The molecule has 22 heavy (non-hydrogen) atoms. The summed E-state index contributed by atoms with van der Waals surface area (Å²) in [5.41, 5.74) is 5.95. The fourth-order valence-corrected chi connectivity index (χ4v) is 2.78. The van der Waals surface area contributed by atoms with Crippen LogP contribution in [0.25, 0.3) is 11.2 Å². The summed E-state index contributed by atoms with van der Waals surface area (Å²) in [5, 5.41) is 2.02. The Morgan fingerprint density at radius 2 is 2.05 bits per heavy atom. The molecule has 1 aromatic carbocycles. The van der Waals surface area contributed by atoms with Crippen LogP contribution in [0, 0.1) is 0 Å². The van der Waals surface area contributed by atoms with Gasteiger partial charge in [-0.3, -0.25) is 0 Å². The molecule has 0 amide bonds. The Labute approximate surface area is 129 Å². The summed E-state index contributed by atoms with van der Waals surface area (Å²) in [5.74, 6) is 0. The molecular formula is C15H12N6S. The maximum atomic E-state index is 4.57. The van der Waals surface area contributed by atoms with Crippen molar-refractivity contribution in [1.29, 1.82) is 0 Å². The van der Waals surface area contributed by atoms with Gasteiger partial charge in [-0.1, -0.05) is 18.2 Å². The summed E-state index contributed by atoms with van der Waals surface area (Å²) >= 11 is 1.58. The van der Waals surface area contributed by atoms with E-state index < -0.39 is 0 Å². The zero-order valence-electron chi connectivity index (χ0n) is 11.5. The van der Waals surface area contributed by atoms with Crippen LogP contribution in [0.5, 0.6) is 0 Å². The van der Waals surface area contributed by atoms with Crippen molar-refractivity contribution in [2.45, 2.75) is 6.54 Å².